The van der Waals surface area contributed by atoms with Crippen LogP contribution in [0.5, 0.6) is 11.5 Å². The molecule has 2 aliphatic rings. The number of piperidine rings is 1. The molecule has 55 heavy (non-hydrogen) atoms. The molecule has 6 rings (SSSR count). The molecule has 294 valence electrons. The van der Waals surface area contributed by atoms with Gasteiger partial charge in [-0.2, -0.15) is 5.10 Å². The van der Waals surface area contributed by atoms with Gasteiger partial charge >= 0.3 is 6.09 Å². The molecule has 2 aliphatic heterocycles. The lowest BCUT2D eigenvalue weighted by Gasteiger charge is -2.41. The lowest BCUT2D eigenvalue weighted by atomic mass is 9.87. The second-order valence-corrected chi connectivity index (χ2v) is 14.6. The van der Waals surface area contributed by atoms with Crippen molar-refractivity contribution in [2.75, 3.05) is 57.4 Å². The molecule has 1 atom stereocenters. The number of nitrogens with one attached hydrogen (secondary N) is 1. The lowest BCUT2D eigenvalue weighted by molar-refractivity contribution is -0.136. The summed E-state index contributed by atoms with van der Waals surface area (Å²) in [5.74, 6) is 0.576. The quantitative estimate of drug-likeness (QED) is 0.153. The average molecular weight is 775 g/mol. The largest absolute Gasteiger partial charge is 0.493 e. The van der Waals surface area contributed by atoms with Crippen LogP contribution < -0.4 is 19.7 Å². The van der Waals surface area contributed by atoms with Gasteiger partial charge in [0, 0.05) is 80.9 Å². The number of amides is 2. The number of rotatable bonds is 13. The van der Waals surface area contributed by atoms with E-state index in [-0.39, 0.29) is 24.2 Å². The first-order valence-electron chi connectivity index (χ1n) is 19.2. The minimum Gasteiger partial charge on any atom is -0.493 e. The standard InChI is InChI=1S/C42H52ClFN6O5/c1-6-53-37-15-11-14-35(44)33(37)26-48-20-22-50(23-21-48)41(51)40(45-42(52)55-27-30-12-9-8-10-13-30)31-16-18-49(19-17-31)36-25-34(43)38(54-7-2)24-32(36)39-28(3)46-47(5)29(39)4/h8-15,24-25,31,40H,6-7,16-23,26-27H2,1-5H3,(H,45,52)/t40-/m1/s1. The average Bonchev–Trinajstić information content (AvgIpc) is 3.45. The van der Waals surface area contributed by atoms with E-state index in [1.54, 1.807) is 12.1 Å². The topological polar surface area (TPSA) is 101 Å². The molecule has 0 aliphatic carbocycles. The lowest BCUT2D eigenvalue weighted by Crippen LogP contribution is -2.58. The van der Waals surface area contributed by atoms with E-state index in [0.29, 0.717) is 94.0 Å². The van der Waals surface area contributed by atoms with Crippen molar-refractivity contribution in [1.29, 1.82) is 0 Å². The third-order valence-electron chi connectivity index (χ3n) is 10.7. The van der Waals surface area contributed by atoms with E-state index >= 15 is 0 Å². The molecule has 0 radical (unpaired) electrons. The third-order valence-corrected chi connectivity index (χ3v) is 11.0. The zero-order valence-corrected chi connectivity index (χ0v) is 33.2. The number of carbonyl (C=O) groups excluding carboxylic acids is 2. The molecule has 2 fully saturated rings. The van der Waals surface area contributed by atoms with Crippen LogP contribution in [-0.4, -0.2) is 90.1 Å². The van der Waals surface area contributed by atoms with Crippen LogP contribution in [0.25, 0.3) is 11.1 Å². The van der Waals surface area contributed by atoms with Gasteiger partial charge in [-0.15, -0.1) is 0 Å². The number of benzene rings is 3. The van der Waals surface area contributed by atoms with Crippen LogP contribution in [0.4, 0.5) is 14.9 Å². The van der Waals surface area contributed by atoms with Gasteiger partial charge in [-0.3, -0.25) is 14.4 Å². The summed E-state index contributed by atoms with van der Waals surface area (Å²) < 4.78 is 33.9. The fourth-order valence-corrected chi connectivity index (χ4v) is 7.92. The molecule has 3 aromatic carbocycles. The van der Waals surface area contributed by atoms with Crippen LogP contribution in [0.1, 0.15) is 49.2 Å². The number of anilines is 1. The summed E-state index contributed by atoms with van der Waals surface area (Å²) in [6.45, 7) is 12.6. The highest BCUT2D eigenvalue weighted by Gasteiger charge is 2.37. The van der Waals surface area contributed by atoms with Gasteiger partial charge < -0.3 is 29.3 Å². The summed E-state index contributed by atoms with van der Waals surface area (Å²) in [6, 6.07) is 17.5. The maximum absolute atomic E-state index is 14.8. The molecule has 0 saturated carbocycles. The van der Waals surface area contributed by atoms with E-state index in [4.69, 9.17) is 25.8 Å². The molecular formula is C42H52ClFN6O5. The van der Waals surface area contributed by atoms with E-state index in [9.17, 15) is 14.0 Å². The van der Waals surface area contributed by atoms with Crippen LogP contribution in [0.2, 0.25) is 5.02 Å². The molecular weight excluding hydrogens is 723 g/mol. The van der Waals surface area contributed by atoms with Crippen molar-refractivity contribution in [2.45, 2.75) is 59.7 Å². The van der Waals surface area contributed by atoms with E-state index in [1.165, 1.54) is 6.07 Å². The first-order valence-corrected chi connectivity index (χ1v) is 19.6. The Balaban J connectivity index is 1.18. The predicted octanol–water partition coefficient (Wildman–Crippen LogP) is 7.15. The number of carbonyl (C=O) groups is 2. The molecule has 2 saturated heterocycles. The van der Waals surface area contributed by atoms with Crippen molar-refractivity contribution in [3.8, 4) is 22.6 Å². The summed E-state index contributed by atoms with van der Waals surface area (Å²) in [6.07, 6.45) is 0.672. The second-order valence-electron chi connectivity index (χ2n) is 14.2. The van der Waals surface area contributed by atoms with Gasteiger partial charge in [0.05, 0.1) is 23.9 Å². The fourth-order valence-electron chi connectivity index (χ4n) is 7.71. The van der Waals surface area contributed by atoms with Crippen molar-refractivity contribution in [1.82, 2.24) is 24.9 Å². The van der Waals surface area contributed by atoms with Crippen LogP contribution in [0, 0.1) is 25.6 Å². The monoisotopic (exact) mass is 774 g/mol. The normalized spacial score (nSPS) is 15.8. The van der Waals surface area contributed by atoms with Crippen LogP contribution >= 0.6 is 11.6 Å². The maximum Gasteiger partial charge on any atom is 0.408 e. The van der Waals surface area contributed by atoms with E-state index in [2.05, 4.69) is 27.1 Å². The van der Waals surface area contributed by atoms with Gasteiger partial charge in [0.2, 0.25) is 5.91 Å². The number of nitrogens with zero attached hydrogens (tertiary/aromatic N) is 5. The zero-order valence-electron chi connectivity index (χ0n) is 32.4. The van der Waals surface area contributed by atoms with Gasteiger partial charge in [-0.1, -0.05) is 48.0 Å². The summed E-state index contributed by atoms with van der Waals surface area (Å²) in [5.41, 5.74) is 6.32. The Hall–Kier alpha value is -4.81. The van der Waals surface area contributed by atoms with Crippen LogP contribution in [-0.2, 0) is 29.7 Å². The molecule has 13 heteroatoms. The van der Waals surface area contributed by atoms with Crippen molar-refractivity contribution in [3.63, 3.8) is 0 Å². The minimum absolute atomic E-state index is 0.0962. The Morgan fingerprint density at radius 3 is 2.27 bits per heavy atom. The first-order chi connectivity index (χ1) is 26.6. The Morgan fingerprint density at radius 2 is 1.62 bits per heavy atom. The fraction of sp³-hybridized carbons (Fsp3) is 0.452. The summed E-state index contributed by atoms with van der Waals surface area (Å²) in [5, 5.41) is 8.18. The Bertz CT molecular complexity index is 1940. The van der Waals surface area contributed by atoms with Gasteiger partial charge in [0.15, 0.2) is 0 Å². The Kier molecular flexibility index (Phi) is 13.2. The summed E-state index contributed by atoms with van der Waals surface area (Å²) >= 11 is 6.78. The number of aryl methyl sites for hydroxylation is 2. The van der Waals surface area contributed by atoms with Crippen molar-refractivity contribution >= 4 is 29.3 Å². The molecule has 0 spiro atoms. The SMILES string of the molecule is CCOc1cc(-c2c(C)nn(C)c2C)c(N2CCC([C@@H](NC(=O)OCc3ccccc3)C(=O)N3CCN(Cc4c(F)cccc4OCC)CC3)CC2)cc1Cl. The highest BCUT2D eigenvalue weighted by Crippen LogP contribution is 2.43. The number of ether oxygens (including phenoxy) is 3. The molecule has 1 aromatic heterocycles. The van der Waals surface area contributed by atoms with Crippen molar-refractivity contribution in [2.24, 2.45) is 13.0 Å². The molecule has 3 heterocycles. The van der Waals surface area contributed by atoms with Crippen LogP contribution in [0.3, 0.4) is 0 Å². The number of aromatic nitrogens is 2. The Labute approximate surface area is 328 Å². The summed E-state index contributed by atoms with van der Waals surface area (Å²) in [4.78, 5) is 33.9. The number of halogens is 2. The number of piperazine rings is 1. The summed E-state index contributed by atoms with van der Waals surface area (Å²) in [7, 11) is 1.94. The van der Waals surface area contributed by atoms with Crippen LogP contribution in [0.15, 0.2) is 60.7 Å². The van der Waals surface area contributed by atoms with Crippen molar-refractivity contribution < 1.29 is 28.2 Å². The predicted molar refractivity (Wildman–Crippen MR) is 212 cm³/mol. The van der Waals surface area contributed by atoms with E-state index in [0.717, 1.165) is 33.8 Å². The molecule has 1 N–H and O–H groups in total. The highest BCUT2D eigenvalue weighted by molar-refractivity contribution is 6.32. The van der Waals surface area contributed by atoms with Crippen molar-refractivity contribution in [3.05, 3.63) is 94.0 Å². The first kappa shape index (κ1) is 39.9. The molecule has 2 amide bonds. The molecule has 0 bridgehead atoms. The number of alkyl carbamates (subject to hydrolysis) is 1. The van der Waals surface area contributed by atoms with Gasteiger partial charge in [-0.05, 0) is 76.3 Å². The molecule has 11 nitrogen and oxygen atoms in total. The third kappa shape index (κ3) is 9.36. The number of hydrogen-bond donors (Lipinski definition) is 1. The second kappa shape index (κ2) is 18.2. The van der Waals surface area contributed by atoms with Gasteiger partial charge in [0.25, 0.3) is 0 Å². The Morgan fingerprint density at radius 1 is 0.927 bits per heavy atom. The number of hydrogen-bond acceptors (Lipinski definition) is 8. The van der Waals surface area contributed by atoms with Gasteiger partial charge in [-0.25, -0.2) is 9.18 Å². The smallest absolute Gasteiger partial charge is 0.408 e. The van der Waals surface area contributed by atoms with E-state index < -0.39 is 12.1 Å². The molecule has 0 unspecified atom stereocenters. The maximum atomic E-state index is 14.8. The molecule has 4 aromatic rings. The van der Waals surface area contributed by atoms with Gasteiger partial charge in [0.1, 0.15) is 30.0 Å². The highest BCUT2D eigenvalue weighted by atomic mass is 35.5. The zero-order chi connectivity index (χ0) is 39.1. The van der Waals surface area contributed by atoms with E-state index in [1.807, 2.05) is 79.9 Å². The minimum atomic E-state index is -0.778.